The number of hydrogen-bond acceptors (Lipinski definition) is 3. The molecule has 2 rings (SSSR count). The molecule has 4 heteroatoms. The minimum Gasteiger partial charge on any atom is -0.367 e. The van der Waals surface area contributed by atoms with Gasteiger partial charge in [-0.1, -0.05) is 30.3 Å². The maximum atomic E-state index is 11.8. The van der Waals surface area contributed by atoms with E-state index in [-0.39, 0.29) is 12.5 Å². The van der Waals surface area contributed by atoms with Gasteiger partial charge in [-0.15, -0.1) is 0 Å². The van der Waals surface area contributed by atoms with Crippen molar-refractivity contribution in [3.05, 3.63) is 35.9 Å². The minimum absolute atomic E-state index is 0.0195. The second kappa shape index (κ2) is 8.15. The lowest BCUT2D eigenvalue weighted by Gasteiger charge is -2.20. The third-order valence-corrected chi connectivity index (χ3v) is 3.98. The van der Waals surface area contributed by atoms with Crippen LogP contribution in [0.3, 0.4) is 0 Å². The van der Waals surface area contributed by atoms with Crippen LogP contribution in [0.5, 0.6) is 0 Å². The Balaban J connectivity index is 1.58. The van der Waals surface area contributed by atoms with E-state index in [1.807, 2.05) is 30.3 Å². The topological polar surface area (TPSA) is 41.6 Å². The molecule has 1 fully saturated rings. The molecule has 0 bridgehead atoms. The number of nitrogens with one attached hydrogen (secondary N) is 1. The Morgan fingerprint density at radius 3 is 2.81 bits per heavy atom. The molecule has 0 saturated carbocycles. The monoisotopic (exact) mass is 290 g/mol. The second-order valence-electron chi connectivity index (χ2n) is 6.03. The number of hydrogen-bond donors (Lipinski definition) is 1. The molecule has 1 saturated heterocycles. The van der Waals surface area contributed by atoms with Crippen LogP contribution in [0.25, 0.3) is 0 Å². The fourth-order valence-corrected chi connectivity index (χ4v) is 2.64. The van der Waals surface area contributed by atoms with Crippen molar-refractivity contribution in [3.63, 3.8) is 0 Å². The first-order chi connectivity index (χ1) is 10.1. The molecule has 1 aliphatic rings. The number of rotatable bonds is 7. The molecule has 1 aromatic rings. The standard InChI is InChI=1S/C17H26N2O2/c1-14(2)19-9-8-16(11-19)10-18-17(20)13-21-12-15-6-4-3-5-7-15/h3-7,14,16H,8-13H2,1-2H3,(H,18,20). The van der Waals surface area contributed by atoms with Gasteiger partial charge in [-0.25, -0.2) is 0 Å². The lowest BCUT2D eigenvalue weighted by atomic mass is 10.1. The first kappa shape index (κ1) is 16.0. The number of likely N-dealkylation sites (tertiary alicyclic amines) is 1. The summed E-state index contributed by atoms with van der Waals surface area (Å²) in [5.74, 6) is 0.555. The summed E-state index contributed by atoms with van der Waals surface area (Å²) in [4.78, 5) is 14.2. The Hall–Kier alpha value is -1.39. The van der Waals surface area contributed by atoms with E-state index in [4.69, 9.17) is 4.74 Å². The second-order valence-corrected chi connectivity index (χ2v) is 6.03. The third-order valence-electron chi connectivity index (χ3n) is 3.98. The van der Waals surface area contributed by atoms with Crippen LogP contribution >= 0.6 is 0 Å². The first-order valence-electron chi connectivity index (χ1n) is 7.77. The van der Waals surface area contributed by atoms with Crippen molar-refractivity contribution in [1.29, 1.82) is 0 Å². The van der Waals surface area contributed by atoms with Gasteiger partial charge in [0.2, 0.25) is 5.91 Å². The van der Waals surface area contributed by atoms with Crippen molar-refractivity contribution in [2.75, 3.05) is 26.2 Å². The van der Waals surface area contributed by atoms with E-state index in [0.29, 0.717) is 18.6 Å². The summed E-state index contributed by atoms with van der Waals surface area (Å²) >= 11 is 0. The molecule has 1 amide bonds. The fraction of sp³-hybridized carbons (Fsp3) is 0.588. The SMILES string of the molecule is CC(C)N1CCC(CNC(=O)COCc2ccccc2)C1. The molecule has 1 aliphatic heterocycles. The Morgan fingerprint density at radius 1 is 1.38 bits per heavy atom. The largest absolute Gasteiger partial charge is 0.367 e. The van der Waals surface area contributed by atoms with E-state index >= 15 is 0 Å². The van der Waals surface area contributed by atoms with Crippen molar-refractivity contribution in [3.8, 4) is 0 Å². The van der Waals surface area contributed by atoms with Gasteiger partial charge < -0.3 is 15.0 Å². The fourth-order valence-electron chi connectivity index (χ4n) is 2.64. The lowest BCUT2D eigenvalue weighted by molar-refractivity contribution is -0.126. The van der Waals surface area contributed by atoms with Gasteiger partial charge in [-0.05, 0) is 38.3 Å². The van der Waals surface area contributed by atoms with Crippen LogP contribution in [0.1, 0.15) is 25.8 Å². The summed E-state index contributed by atoms with van der Waals surface area (Å²) in [6, 6.07) is 10.5. The van der Waals surface area contributed by atoms with Gasteiger partial charge in [-0.2, -0.15) is 0 Å². The van der Waals surface area contributed by atoms with Crippen LogP contribution in [0.2, 0.25) is 0 Å². The summed E-state index contributed by atoms with van der Waals surface area (Å²) in [7, 11) is 0. The van der Waals surface area contributed by atoms with E-state index in [0.717, 1.165) is 25.2 Å². The Morgan fingerprint density at radius 2 is 2.14 bits per heavy atom. The zero-order valence-electron chi connectivity index (χ0n) is 13.0. The molecule has 0 aromatic heterocycles. The summed E-state index contributed by atoms with van der Waals surface area (Å²) in [6.45, 7) is 8.05. The third kappa shape index (κ3) is 5.48. The molecule has 1 atom stereocenters. The van der Waals surface area contributed by atoms with E-state index in [1.54, 1.807) is 0 Å². The van der Waals surface area contributed by atoms with Gasteiger partial charge >= 0.3 is 0 Å². The quantitative estimate of drug-likeness (QED) is 0.835. The van der Waals surface area contributed by atoms with Gasteiger partial charge in [-0.3, -0.25) is 4.79 Å². The molecule has 116 valence electrons. The number of carbonyl (C=O) groups excluding carboxylic acids is 1. The maximum Gasteiger partial charge on any atom is 0.246 e. The van der Waals surface area contributed by atoms with E-state index in [9.17, 15) is 4.79 Å². The highest BCUT2D eigenvalue weighted by atomic mass is 16.5. The number of amides is 1. The Kier molecular flexibility index (Phi) is 6.21. The molecule has 0 radical (unpaired) electrons. The highest BCUT2D eigenvalue weighted by Gasteiger charge is 2.24. The number of nitrogens with zero attached hydrogens (tertiary/aromatic N) is 1. The van der Waals surface area contributed by atoms with E-state index in [1.165, 1.54) is 6.42 Å². The van der Waals surface area contributed by atoms with Crippen LogP contribution in [0.15, 0.2) is 30.3 Å². The molecule has 0 aliphatic carbocycles. The molecular formula is C17H26N2O2. The van der Waals surface area contributed by atoms with Gasteiger partial charge in [0.25, 0.3) is 0 Å². The van der Waals surface area contributed by atoms with E-state index in [2.05, 4.69) is 24.1 Å². The first-order valence-corrected chi connectivity index (χ1v) is 7.77. The Labute approximate surface area is 127 Å². The van der Waals surface area contributed by atoms with Gasteiger partial charge in [0.1, 0.15) is 6.61 Å². The number of carbonyl (C=O) groups is 1. The van der Waals surface area contributed by atoms with Crippen LogP contribution < -0.4 is 5.32 Å². The summed E-state index contributed by atoms with van der Waals surface area (Å²) in [6.07, 6.45) is 1.17. The minimum atomic E-state index is -0.0195. The van der Waals surface area contributed by atoms with Gasteiger partial charge in [0.15, 0.2) is 0 Å². The molecule has 4 nitrogen and oxygen atoms in total. The number of benzene rings is 1. The van der Waals surface area contributed by atoms with Crippen molar-refractivity contribution in [2.24, 2.45) is 5.92 Å². The van der Waals surface area contributed by atoms with Crippen molar-refractivity contribution in [2.45, 2.75) is 32.9 Å². The number of ether oxygens (including phenoxy) is 1. The van der Waals surface area contributed by atoms with Crippen molar-refractivity contribution >= 4 is 5.91 Å². The molecule has 1 N–H and O–H groups in total. The van der Waals surface area contributed by atoms with Crippen molar-refractivity contribution < 1.29 is 9.53 Å². The average Bonchev–Trinajstić information content (AvgIpc) is 2.95. The molecule has 21 heavy (non-hydrogen) atoms. The summed E-state index contributed by atoms with van der Waals surface area (Å²) in [5.41, 5.74) is 1.09. The molecule has 1 heterocycles. The summed E-state index contributed by atoms with van der Waals surface area (Å²) < 4.78 is 5.43. The smallest absolute Gasteiger partial charge is 0.246 e. The predicted octanol–water partition coefficient (Wildman–Crippen LogP) is 2.05. The van der Waals surface area contributed by atoms with E-state index < -0.39 is 0 Å². The maximum absolute atomic E-state index is 11.8. The molecule has 1 unspecified atom stereocenters. The predicted molar refractivity (Wildman–Crippen MR) is 83.9 cm³/mol. The summed E-state index contributed by atoms with van der Waals surface area (Å²) in [5, 5.41) is 2.98. The van der Waals surface area contributed by atoms with Crippen molar-refractivity contribution in [1.82, 2.24) is 10.2 Å². The lowest BCUT2D eigenvalue weighted by Crippen LogP contribution is -2.34. The zero-order chi connectivity index (χ0) is 15.1. The molecular weight excluding hydrogens is 264 g/mol. The van der Waals surface area contributed by atoms with Crippen LogP contribution in [0, 0.1) is 5.92 Å². The zero-order valence-corrected chi connectivity index (χ0v) is 13.0. The van der Waals surface area contributed by atoms with Gasteiger partial charge in [0.05, 0.1) is 6.61 Å². The van der Waals surface area contributed by atoms with Crippen LogP contribution in [-0.4, -0.2) is 43.1 Å². The average molecular weight is 290 g/mol. The molecule has 0 spiro atoms. The normalized spacial score (nSPS) is 19.1. The Bertz CT molecular complexity index is 434. The van der Waals surface area contributed by atoms with Gasteiger partial charge in [0, 0.05) is 19.1 Å². The molecule has 1 aromatic carbocycles. The highest BCUT2D eigenvalue weighted by Crippen LogP contribution is 2.17. The van der Waals surface area contributed by atoms with Crippen LogP contribution in [-0.2, 0) is 16.1 Å². The van der Waals surface area contributed by atoms with Crippen LogP contribution in [0.4, 0.5) is 0 Å². The highest BCUT2D eigenvalue weighted by molar-refractivity contribution is 5.77.